The van der Waals surface area contributed by atoms with Gasteiger partial charge in [-0.15, -0.1) is 0 Å². The van der Waals surface area contributed by atoms with Gasteiger partial charge in [-0.2, -0.15) is 11.8 Å². The van der Waals surface area contributed by atoms with E-state index in [9.17, 15) is 8.78 Å². The summed E-state index contributed by atoms with van der Waals surface area (Å²) >= 11 is 1.69. The Bertz CT molecular complexity index is 351. The molecule has 1 N–H and O–H groups in total. The molecule has 0 radical (unpaired) electrons. The fourth-order valence-electron chi connectivity index (χ4n) is 2.05. The van der Waals surface area contributed by atoms with E-state index in [1.165, 1.54) is 18.2 Å². The van der Waals surface area contributed by atoms with Crippen molar-refractivity contribution in [2.24, 2.45) is 5.92 Å². The lowest BCUT2D eigenvalue weighted by atomic mass is 9.94. The van der Waals surface area contributed by atoms with Crippen molar-refractivity contribution in [2.75, 3.05) is 18.6 Å². The molecule has 4 heteroatoms. The van der Waals surface area contributed by atoms with Gasteiger partial charge in [0.1, 0.15) is 11.6 Å². The molecule has 1 aromatic rings. The Balaban J connectivity index is 3.00. The van der Waals surface area contributed by atoms with Crippen LogP contribution in [0.3, 0.4) is 0 Å². The van der Waals surface area contributed by atoms with Gasteiger partial charge in [0, 0.05) is 11.6 Å². The molecule has 102 valence electrons. The first-order valence-corrected chi connectivity index (χ1v) is 7.67. The van der Waals surface area contributed by atoms with Crippen LogP contribution in [0.4, 0.5) is 8.78 Å². The third-order valence-corrected chi connectivity index (χ3v) is 3.78. The average Bonchev–Trinajstić information content (AvgIpc) is 2.33. The van der Waals surface area contributed by atoms with Crippen molar-refractivity contribution in [1.82, 2.24) is 5.32 Å². The minimum Gasteiger partial charge on any atom is -0.309 e. The number of nitrogens with one attached hydrogen (secondary N) is 1. The molecule has 2 atom stereocenters. The molecule has 0 saturated heterocycles. The third-order valence-electron chi connectivity index (χ3n) is 2.92. The zero-order valence-electron chi connectivity index (χ0n) is 11.2. The zero-order chi connectivity index (χ0) is 13.5. The van der Waals surface area contributed by atoms with Crippen molar-refractivity contribution in [3.63, 3.8) is 0 Å². The van der Waals surface area contributed by atoms with Crippen LogP contribution in [0.15, 0.2) is 18.2 Å². The maximum Gasteiger partial charge on any atom is 0.130 e. The van der Waals surface area contributed by atoms with E-state index < -0.39 is 11.6 Å². The lowest BCUT2D eigenvalue weighted by Crippen LogP contribution is -2.30. The van der Waals surface area contributed by atoms with Crippen LogP contribution >= 0.6 is 11.8 Å². The Morgan fingerprint density at radius 2 is 1.89 bits per heavy atom. The Kier molecular flexibility index (Phi) is 6.65. The maximum atomic E-state index is 13.8. The lowest BCUT2D eigenvalue weighted by molar-refractivity contribution is 0.385. The largest absolute Gasteiger partial charge is 0.309 e. The second-order valence-electron chi connectivity index (χ2n) is 4.50. The van der Waals surface area contributed by atoms with Gasteiger partial charge in [0.25, 0.3) is 0 Å². The number of hydrogen-bond acceptors (Lipinski definition) is 2. The molecule has 0 amide bonds. The molecule has 0 aliphatic heterocycles. The van der Waals surface area contributed by atoms with Crippen LogP contribution in [-0.2, 0) is 0 Å². The van der Waals surface area contributed by atoms with E-state index >= 15 is 0 Å². The quantitative estimate of drug-likeness (QED) is 0.805. The van der Waals surface area contributed by atoms with Crippen molar-refractivity contribution >= 4 is 11.8 Å². The summed E-state index contributed by atoms with van der Waals surface area (Å²) in [6, 6.07) is 3.79. The summed E-state index contributed by atoms with van der Waals surface area (Å²) in [4.78, 5) is 0. The number of rotatable bonds is 7. The predicted octanol–water partition coefficient (Wildman–Crippen LogP) is 4.00. The first-order valence-electron chi connectivity index (χ1n) is 6.28. The Labute approximate surface area is 112 Å². The van der Waals surface area contributed by atoms with E-state index in [1.807, 2.05) is 20.1 Å². The van der Waals surface area contributed by atoms with Crippen LogP contribution in [0.1, 0.15) is 31.9 Å². The highest BCUT2D eigenvalue weighted by molar-refractivity contribution is 7.98. The van der Waals surface area contributed by atoms with Crippen LogP contribution < -0.4 is 5.32 Å². The minimum atomic E-state index is -0.462. The monoisotopic (exact) mass is 273 g/mol. The second kappa shape index (κ2) is 7.74. The smallest absolute Gasteiger partial charge is 0.130 e. The number of benzene rings is 1. The molecule has 0 bridgehead atoms. The van der Waals surface area contributed by atoms with Gasteiger partial charge in [0.05, 0.1) is 0 Å². The molecule has 0 aliphatic rings. The SMILES string of the molecule is CCCNC(c1c(F)cccc1F)C(C)CSC. The first-order chi connectivity index (χ1) is 8.61. The number of thioether (sulfide) groups is 1. The summed E-state index contributed by atoms with van der Waals surface area (Å²) in [5, 5.41) is 3.26. The van der Waals surface area contributed by atoms with E-state index in [1.54, 1.807) is 11.8 Å². The molecule has 2 unspecified atom stereocenters. The fourth-order valence-corrected chi connectivity index (χ4v) is 2.77. The molecule has 18 heavy (non-hydrogen) atoms. The molecule has 0 fully saturated rings. The molecule has 0 aliphatic carbocycles. The molecule has 0 heterocycles. The van der Waals surface area contributed by atoms with Gasteiger partial charge in [-0.05, 0) is 43.0 Å². The summed E-state index contributed by atoms with van der Waals surface area (Å²) in [6.07, 6.45) is 2.95. The van der Waals surface area contributed by atoms with Gasteiger partial charge in [-0.1, -0.05) is 19.9 Å². The van der Waals surface area contributed by atoms with Crippen LogP contribution in [-0.4, -0.2) is 18.6 Å². The van der Waals surface area contributed by atoms with Crippen molar-refractivity contribution in [3.8, 4) is 0 Å². The minimum absolute atomic E-state index is 0.174. The van der Waals surface area contributed by atoms with Crippen molar-refractivity contribution in [2.45, 2.75) is 26.3 Å². The zero-order valence-corrected chi connectivity index (χ0v) is 12.0. The van der Waals surface area contributed by atoms with E-state index in [0.717, 1.165) is 18.7 Å². The van der Waals surface area contributed by atoms with Crippen molar-refractivity contribution in [3.05, 3.63) is 35.4 Å². The van der Waals surface area contributed by atoms with Crippen LogP contribution in [0, 0.1) is 17.6 Å². The van der Waals surface area contributed by atoms with Crippen LogP contribution in [0.2, 0.25) is 0 Å². The van der Waals surface area contributed by atoms with E-state index in [-0.39, 0.29) is 17.5 Å². The van der Waals surface area contributed by atoms with Crippen molar-refractivity contribution in [1.29, 1.82) is 0 Å². The van der Waals surface area contributed by atoms with E-state index in [0.29, 0.717) is 0 Å². The third kappa shape index (κ3) is 3.95. The molecular weight excluding hydrogens is 252 g/mol. The topological polar surface area (TPSA) is 12.0 Å². The lowest BCUT2D eigenvalue weighted by Gasteiger charge is -2.26. The number of hydrogen-bond donors (Lipinski definition) is 1. The van der Waals surface area contributed by atoms with Gasteiger partial charge in [0.2, 0.25) is 0 Å². The summed E-state index contributed by atoms with van der Waals surface area (Å²) in [5.74, 6) is 0.126. The molecule has 1 rings (SSSR count). The van der Waals surface area contributed by atoms with Crippen LogP contribution in [0.5, 0.6) is 0 Å². The summed E-state index contributed by atoms with van der Waals surface area (Å²) in [6.45, 7) is 4.83. The van der Waals surface area contributed by atoms with Gasteiger partial charge < -0.3 is 5.32 Å². The molecular formula is C14H21F2NS. The van der Waals surface area contributed by atoms with E-state index in [4.69, 9.17) is 0 Å². The predicted molar refractivity (Wildman–Crippen MR) is 74.9 cm³/mol. The standard InChI is InChI=1S/C14H21F2NS/c1-4-8-17-14(10(2)9-18-3)13-11(15)6-5-7-12(13)16/h5-7,10,14,17H,4,8-9H2,1-3H3. The molecule has 1 aromatic carbocycles. The van der Waals surface area contributed by atoms with E-state index in [2.05, 4.69) is 5.32 Å². The van der Waals surface area contributed by atoms with Gasteiger partial charge in [-0.25, -0.2) is 8.78 Å². The van der Waals surface area contributed by atoms with Crippen LogP contribution in [0.25, 0.3) is 0 Å². The van der Waals surface area contributed by atoms with Gasteiger partial charge in [-0.3, -0.25) is 0 Å². The van der Waals surface area contributed by atoms with Crippen molar-refractivity contribution < 1.29 is 8.78 Å². The Hall–Kier alpha value is -0.610. The molecule has 0 spiro atoms. The van der Waals surface area contributed by atoms with Gasteiger partial charge >= 0.3 is 0 Å². The highest BCUT2D eigenvalue weighted by Crippen LogP contribution is 2.28. The summed E-state index contributed by atoms with van der Waals surface area (Å²) in [5.41, 5.74) is 0.174. The van der Waals surface area contributed by atoms with Gasteiger partial charge in [0.15, 0.2) is 0 Å². The first kappa shape index (κ1) is 15.4. The summed E-state index contributed by atoms with van der Waals surface area (Å²) in [7, 11) is 0. The normalized spacial score (nSPS) is 14.5. The number of halogens is 2. The second-order valence-corrected chi connectivity index (χ2v) is 5.41. The highest BCUT2D eigenvalue weighted by Gasteiger charge is 2.24. The fraction of sp³-hybridized carbons (Fsp3) is 0.571. The average molecular weight is 273 g/mol. The molecule has 0 saturated carbocycles. The Morgan fingerprint density at radius 1 is 1.28 bits per heavy atom. The summed E-state index contributed by atoms with van der Waals surface area (Å²) < 4.78 is 27.7. The highest BCUT2D eigenvalue weighted by atomic mass is 32.2. The molecule has 1 nitrogen and oxygen atoms in total. The maximum absolute atomic E-state index is 13.8. The molecule has 0 aromatic heterocycles. The Morgan fingerprint density at radius 3 is 2.39 bits per heavy atom.